The molecule has 0 saturated carbocycles. The molecule has 2 aliphatic rings. The van der Waals surface area contributed by atoms with Gasteiger partial charge < -0.3 is 24.2 Å². The third-order valence-corrected chi connectivity index (χ3v) is 11.6. The van der Waals surface area contributed by atoms with Gasteiger partial charge in [0.15, 0.2) is 0 Å². The molecule has 0 fully saturated rings. The molecule has 0 spiro atoms. The number of hydrogen-bond acceptors (Lipinski definition) is 9. The molecule has 2 heterocycles. The topological polar surface area (TPSA) is 151 Å². The van der Waals surface area contributed by atoms with Gasteiger partial charge in [-0.05, 0) is 126 Å². The minimum Gasteiger partial charge on any atom is -0.463 e. The van der Waals surface area contributed by atoms with E-state index in [1.807, 2.05) is 17.0 Å². The lowest BCUT2D eigenvalue weighted by molar-refractivity contribution is -0.140. The highest BCUT2D eigenvalue weighted by Gasteiger charge is 2.44. The molecule has 4 aromatic carbocycles. The van der Waals surface area contributed by atoms with Crippen LogP contribution in [0.4, 0.5) is 47.3 Å². The zero-order valence-electron chi connectivity index (χ0n) is 38.0. The minimum atomic E-state index is -4.74. The number of halogens is 6. The fourth-order valence-electron chi connectivity index (χ4n) is 8.30. The summed E-state index contributed by atoms with van der Waals surface area (Å²) in [7, 11) is 1.77. The maximum Gasteiger partial charge on any atom is 0.416 e. The summed E-state index contributed by atoms with van der Waals surface area (Å²) >= 11 is 0. The van der Waals surface area contributed by atoms with Crippen molar-refractivity contribution in [3.05, 3.63) is 153 Å². The van der Waals surface area contributed by atoms with E-state index in [0.29, 0.717) is 35.3 Å². The Labute approximate surface area is 394 Å². The van der Waals surface area contributed by atoms with E-state index in [1.165, 1.54) is 59.3 Å². The van der Waals surface area contributed by atoms with Gasteiger partial charge >= 0.3 is 36.4 Å². The van der Waals surface area contributed by atoms with Crippen LogP contribution in [0.5, 0.6) is 0 Å². The third kappa shape index (κ3) is 11.4. The van der Waals surface area contributed by atoms with Gasteiger partial charge in [0.2, 0.25) is 0 Å². The molecular weight excluding hydrogens is 909 g/mol. The Hall–Kier alpha value is -7.64. The number of nitriles is 2. The number of ether oxygens (including phenoxy) is 2. The van der Waals surface area contributed by atoms with E-state index in [0.717, 1.165) is 46.2 Å². The largest absolute Gasteiger partial charge is 0.463 e. The van der Waals surface area contributed by atoms with Crippen LogP contribution in [0.1, 0.15) is 79.1 Å². The van der Waals surface area contributed by atoms with E-state index in [9.17, 15) is 56.0 Å². The Balaban J connectivity index is 1.28. The molecule has 0 saturated heterocycles. The lowest BCUT2D eigenvalue weighted by Crippen LogP contribution is -2.51. The first-order chi connectivity index (χ1) is 32.8. The molecule has 19 heteroatoms. The van der Waals surface area contributed by atoms with Gasteiger partial charge in [-0.1, -0.05) is 36.4 Å². The predicted molar refractivity (Wildman–Crippen MR) is 241 cm³/mol. The van der Waals surface area contributed by atoms with Crippen molar-refractivity contribution in [2.24, 2.45) is 0 Å². The van der Waals surface area contributed by atoms with Gasteiger partial charge in [0.25, 0.3) is 0 Å². The van der Waals surface area contributed by atoms with Crippen molar-refractivity contribution in [3.8, 4) is 12.1 Å². The third-order valence-electron chi connectivity index (χ3n) is 11.6. The smallest absolute Gasteiger partial charge is 0.416 e. The highest BCUT2D eigenvalue weighted by Crippen LogP contribution is 2.42. The number of nitrogens with zero attached hydrogens (tertiary/aromatic N) is 7. The summed E-state index contributed by atoms with van der Waals surface area (Å²) in [5.41, 5.74) is -0.779. The standard InChI is InChI=1S/C50H47F6N7O6/c1-5-68-45(64)41-31-62(39-13-7-11-37(27-39)49(51,52)53)47(66)60(43(41)35-19-15-33(29-57)16-20-35)25-9-23-59(4)24-10-26-61-44(36-21-17-34(30-58)18-22-36)42(46(65)69-6-2)32(3)63(48(61)67)40-14-8-12-38(28-40)50(54,55)56/h7-8,11-22,27-28,31,43-44H,5-6,9-10,23-26H2,1-4H3/t43-,44-/m1/s1. The maximum absolute atomic E-state index is 14.6. The second kappa shape index (κ2) is 21.5. The van der Waals surface area contributed by atoms with Gasteiger partial charge in [-0.25, -0.2) is 19.2 Å². The van der Waals surface area contributed by atoms with E-state index in [1.54, 1.807) is 45.2 Å². The molecule has 6 rings (SSSR count). The normalized spacial score (nSPS) is 16.6. The van der Waals surface area contributed by atoms with Crippen LogP contribution < -0.4 is 9.80 Å². The van der Waals surface area contributed by atoms with Crippen molar-refractivity contribution in [2.75, 3.05) is 56.2 Å². The number of hydrogen-bond donors (Lipinski definition) is 0. The summed E-state index contributed by atoms with van der Waals surface area (Å²) in [6, 6.07) is 21.2. The predicted octanol–water partition coefficient (Wildman–Crippen LogP) is 10.1. The molecule has 0 unspecified atom stereocenters. The molecule has 4 aromatic rings. The molecule has 4 amide bonds. The van der Waals surface area contributed by atoms with Crippen LogP contribution >= 0.6 is 0 Å². The molecule has 0 aliphatic carbocycles. The quantitative estimate of drug-likeness (QED) is 0.0790. The van der Waals surface area contributed by atoms with Crippen LogP contribution in [0.2, 0.25) is 0 Å². The molecule has 0 aromatic heterocycles. The average molecular weight is 956 g/mol. The van der Waals surface area contributed by atoms with Gasteiger partial charge in [-0.3, -0.25) is 9.80 Å². The number of urea groups is 2. The van der Waals surface area contributed by atoms with Crippen molar-refractivity contribution >= 4 is 35.4 Å². The Bertz CT molecular complexity index is 2710. The highest BCUT2D eigenvalue weighted by atomic mass is 19.4. The summed E-state index contributed by atoms with van der Waals surface area (Å²) < 4.78 is 94.2. The molecule has 2 aliphatic heterocycles. The van der Waals surface area contributed by atoms with Crippen molar-refractivity contribution in [1.82, 2.24) is 14.7 Å². The summed E-state index contributed by atoms with van der Waals surface area (Å²) in [5.74, 6) is -1.61. The summed E-state index contributed by atoms with van der Waals surface area (Å²) in [5, 5.41) is 19.0. The summed E-state index contributed by atoms with van der Waals surface area (Å²) in [4.78, 5) is 63.1. The molecule has 0 bridgehead atoms. The fourth-order valence-corrected chi connectivity index (χ4v) is 8.30. The van der Waals surface area contributed by atoms with Crippen molar-refractivity contribution in [3.63, 3.8) is 0 Å². The SMILES string of the molecule is CCOC(=O)C1=CN(c2cccc(C(F)(F)F)c2)C(=O)N(CCCN(C)CCCN2C(=O)N(c3cccc(C(F)(F)F)c3)C(C)=C(C(=O)OCC)[C@H]2c2ccc(C#N)cc2)[C@@H]1c1ccc(C#N)cc1. The maximum atomic E-state index is 14.6. The van der Waals surface area contributed by atoms with Crippen LogP contribution in [-0.4, -0.2) is 85.1 Å². The first kappa shape index (κ1) is 50.8. The first-order valence-corrected chi connectivity index (χ1v) is 21.8. The lowest BCUT2D eigenvalue weighted by atomic mass is 9.92. The molecule has 0 N–H and O–H groups in total. The van der Waals surface area contributed by atoms with Gasteiger partial charge in [0.1, 0.15) is 0 Å². The highest BCUT2D eigenvalue weighted by molar-refractivity contribution is 6.04. The molecule has 360 valence electrons. The van der Waals surface area contributed by atoms with E-state index >= 15 is 0 Å². The number of esters is 2. The van der Waals surface area contributed by atoms with Crippen LogP contribution in [0.25, 0.3) is 0 Å². The average Bonchev–Trinajstić information content (AvgIpc) is 3.32. The van der Waals surface area contributed by atoms with Crippen LogP contribution in [0.3, 0.4) is 0 Å². The van der Waals surface area contributed by atoms with Crippen molar-refractivity contribution in [1.29, 1.82) is 10.5 Å². The fraction of sp³-hybridized carbons (Fsp3) is 0.320. The monoisotopic (exact) mass is 955 g/mol. The van der Waals surface area contributed by atoms with E-state index < -0.39 is 59.6 Å². The number of rotatable bonds is 16. The number of anilines is 2. The Morgan fingerprint density at radius 3 is 1.62 bits per heavy atom. The zero-order valence-corrected chi connectivity index (χ0v) is 38.0. The number of carbonyl (C=O) groups is 4. The van der Waals surface area contributed by atoms with Gasteiger partial charge in [0, 0.05) is 25.0 Å². The number of alkyl halides is 6. The van der Waals surface area contributed by atoms with E-state index in [4.69, 9.17) is 9.47 Å². The number of carbonyl (C=O) groups excluding carboxylic acids is 4. The van der Waals surface area contributed by atoms with Crippen LogP contribution in [-0.2, 0) is 31.4 Å². The van der Waals surface area contributed by atoms with E-state index in [2.05, 4.69) is 0 Å². The van der Waals surface area contributed by atoms with Gasteiger partial charge in [-0.2, -0.15) is 36.9 Å². The summed E-state index contributed by atoms with van der Waals surface area (Å²) in [6.45, 7) is 5.11. The zero-order chi connectivity index (χ0) is 50.2. The number of benzene rings is 4. The van der Waals surface area contributed by atoms with Crippen molar-refractivity contribution in [2.45, 2.75) is 58.0 Å². The van der Waals surface area contributed by atoms with Gasteiger partial charge in [0.05, 0.1) is 82.2 Å². The molecule has 69 heavy (non-hydrogen) atoms. The lowest BCUT2D eigenvalue weighted by Gasteiger charge is -2.43. The van der Waals surface area contributed by atoms with E-state index in [-0.39, 0.29) is 67.4 Å². The Morgan fingerprint density at radius 1 is 0.667 bits per heavy atom. The first-order valence-electron chi connectivity index (χ1n) is 21.8. The van der Waals surface area contributed by atoms with Gasteiger partial charge in [-0.15, -0.1) is 0 Å². The Morgan fingerprint density at radius 2 is 1.13 bits per heavy atom. The van der Waals surface area contributed by atoms with Crippen molar-refractivity contribution < 1.29 is 55.0 Å². The molecule has 2 atom stereocenters. The number of amides is 4. The molecular formula is C50H47F6N7O6. The summed E-state index contributed by atoms with van der Waals surface area (Å²) in [6.07, 6.45) is -7.77. The van der Waals surface area contributed by atoms with Crippen LogP contribution in [0, 0.1) is 22.7 Å². The van der Waals surface area contributed by atoms with Crippen LogP contribution in [0.15, 0.2) is 120 Å². The number of allylic oxidation sites excluding steroid dienone is 1. The minimum absolute atomic E-state index is 0.00496. The molecule has 13 nitrogen and oxygen atoms in total. The second-order valence-electron chi connectivity index (χ2n) is 16.1. The Kier molecular flexibility index (Phi) is 15.9. The molecule has 0 radical (unpaired) electrons. The second-order valence-corrected chi connectivity index (χ2v) is 16.1.